The average molecular weight is 249 g/mol. The smallest absolute Gasteiger partial charge is 0.291 e. The molecular formula is C2H7CeNO4. The Morgan fingerprint density at radius 2 is 1.75 bits per heavy atom. The van der Waals surface area contributed by atoms with Crippen molar-refractivity contribution in [1.29, 1.82) is 0 Å². The van der Waals surface area contributed by atoms with Crippen LogP contribution in [0.4, 0.5) is 0 Å². The van der Waals surface area contributed by atoms with E-state index in [-0.39, 0.29) is 48.4 Å². The summed E-state index contributed by atoms with van der Waals surface area (Å²) >= 11 is 0. The van der Waals surface area contributed by atoms with Gasteiger partial charge >= 0.3 is 0 Å². The first-order valence-electron chi connectivity index (χ1n) is 1.59. The Labute approximate surface area is 80.2 Å². The van der Waals surface area contributed by atoms with Crippen molar-refractivity contribution in [3.63, 3.8) is 0 Å². The van der Waals surface area contributed by atoms with Gasteiger partial charge < -0.3 is 10.3 Å². The predicted octanol–water partition coefficient (Wildman–Crippen LogP) is -0.349. The summed E-state index contributed by atoms with van der Waals surface area (Å²) in [5.41, 5.74) is 0. The topological polar surface area (TPSA) is 83.6 Å². The van der Waals surface area contributed by atoms with Gasteiger partial charge in [-0.05, 0) is 6.92 Å². The molecule has 0 radical (unpaired) electrons. The van der Waals surface area contributed by atoms with Gasteiger partial charge in [-0.15, -0.1) is 10.1 Å². The predicted molar refractivity (Wildman–Crippen MR) is 21.5 cm³/mol. The van der Waals surface area contributed by atoms with Gasteiger partial charge in [0, 0.05) is 48.4 Å². The summed E-state index contributed by atoms with van der Waals surface area (Å²) in [5, 5.41) is 21.2. The molecule has 0 saturated carbocycles. The van der Waals surface area contributed by atoms with Crippen LogP contribution in [0, 0.1) is 51.9 Å². The number of nitrogens with zero attached hydrogens (tertiary/aromatic N) is 1. The van der Waals surface area contributed by atoms with Crippen LogP contribution in [0.1, 0.15) is 6.92 Å². The van der Waals surface area contributed by atoms with Crippen molar-refractivity contribution >= 4 is 0 Å². The van der Waals surface area contributed by atoms with E-state index in [1.165, 1.54) is 0 Å². The molecular weight excluding hydrogens is 242 g/mol. The fourth-order valence-corrected chi connectivity index (χ4v) is 0. The average Bonchev–Trinajstić information content (AvgIpc) is 1.33. The van der Waals surface area contributed by atoms with Crippen LogP contribution in [0.3, 0.4) is 0 Å². The zero-order valence-corrected chi connectivity index (χ0v) is 7.51. The molecule has 0 unspecified atom stereocenters. The number of hydrogen-bond acceptors (Lipinski definition) is 3. The van der Waals surface area contributed by atoms with Crippen molar-refractivity contribution in [2.75, 3.05) is 6.61 Å². The Morgan fingerprint density at radius 3 is 1.75 bits per heavy atom. The van der Waals surface area contributed by atoms with Crippen LogP contribution in [0.15, 0.2) is 0 Å². The Bertz CT molecular complexity index is 45.3. The van der Waals surface area contributed by atoms with Gasteiger partial charge in [-0.1, -0.05) is 0 Å². The molecule has 0 fully saturated rings. The van der Waals surface area contributed by atoms with Crippen LogP contribution >= 0.6 is 0 Å². The van der Waals surface area contributed by atoms with Gasteiger partial charge in [-0.2, -0.15) is 0 Å². The monoisotopic (exact) mass is 249 g/mol. The normalized spacial score (nSPS) is 5.25. The SMILES string of the molecule is CCO.O=[N+]([O-])O.[Ce]. The van der Waals surface area contributed by atoms with E-state index < -0.39 is 5.09 Å². The fraction of sp³-hybridized carbons (Fsp3) is 1.00. The van der Waals surface area contributed by atoms with Crippen molar-refractivity contribution in [3.05, 3.63) is 10.1 Å². The van der Waals surface area contributed by atoms with Crippen LogP contribution in [-0.2, 0) is 0 Å². The summed E-state index contributed by atoms with van der Waals surface area (Å²) in [6.07, 6.45) is 0. The van der Waals surface area contributed by atoms with Crippen molar-refractivity contribution < 1.29 is 57.1 Å². The maximum absolute atomic E-state index is 8.36. The third kappa shape index (κ3) is 696. The molecule has 0 bridgehead atoms. The molecule has 0 saturated heterocycles. The number of hydrogen-bond donors (Lipinski definition) is 2. The first-order chi connectivity index (χ1) is 3.15. The Hall–Kier alpha value is 0.537. The molecule has 0 atom stereocenters. The van der Waals surface area contributed by atoms with Gasteiger partial charge in [-0.3, -0.25) is 0 Å². The molecule has 0 aromatic rings. The van der Waals surface area contributed by atoms with E-state index in [1.807, 2.05) is 0 Å². The maximum atomic E-state index is 8.36. The summed E-state index contributed by atoms with van der Waals surface area (Å²) in [6.45, 7) is 1.93. The first kappa shape index (κ1) is 15.8. The van der Waals surface area contributed by atoms with Crippen molar-refractivity contribution in [1.82, 2.24) is 0 Å². The van der Waals surface area contributed by atoms with Crippen molar-refractivity contribution in [3.8, 4) is 0 Å². The standard InChI is InChI=1S/C2H6O.Ce.HNO3/c1-2-3;;2-1(3)4/h3H,2H2,1H3;;(H,2,3,4). The maximum Gasteiger partial charge on any atom is 0.291 e. The number of rotatable bonds is 0. The molecule has 0 amide bonds. The second kappa shape index (κ2) is 15.6. The molecule has 6 heteroatoms. The third-order valence-corrected chi connectivity index (χ3v) is 0. The van der Waals surface area contributed by atoms with E-state index in [0.717, 1.165) is 0 Å². The molecule has 0 aromatic carbocycles. The quantitative estimate of drug-likeness (QED) is 0.454. The van der Waals surface area contributed by atoms with Gasteiger partial charge in [0.15, 0.2) is 0 Å². The van der Waals surface area contributed by atoms with Crippen LogP contribution in [0.25, 0.3) is 0 Å². The molecule has 5 nitrogen and oxygen atoms in total. The molecule has 0 aliphatic heterocycles. The summed E-state index contributed by atoms with van der Waals surface area (Å²) in [7, 11) is 0. The number of aliphatic hydroxyl groups excluding tert-OH is 1. The molecule has 0 rings (SSSR count). The third-order valence-electron chi connectivity index (χ3n) is 0. The summed E-state index contributed by atoms with van der Waals surface area (Å²) in [5.74, 6) is 0. The van der Waals surface area contributed by atoms with E-state index in [0.29, 0.717) is 0 Å². The minimum absolute atomic E-state index is 0. The molecule has 2 N–H and O–H groups in total. The second-order valence-corrected chi connectivity index (χ2v) is 0.554. The molecule has 0 aliphatic carbocycles. The molecule has 8 heavy (non-hydrogen) atoms. The zero-order chi connectivity index (χ0) is 6.28. The Morgan fingerprint density at radius 1 is 1.75 bits per heavy atom. The van der Waals surface area contributed by atoms with E-state index in [2.05, 4.69) is 0 Å². The molecule has 0 aromatic heterocycles. The summed E-state index contributed by atoms with van der Waals surface area (Å²) < 4.78 is 0. The largest absolute Gasteiger partial charge is 0.397 e. The molecule has 0 spiro atoms. The zero-order valence-electron chi connectivity index (χ0n) is 4.37. The minimum atomic E-state index is -1.50. The van der Waals surface area contributed by atoms with Gasteiger partial charge in [-0.25, -0.2) is 0 Å². The van der Waals surface area contributed by atoms with Gasteiger partial charge in [0.1, 0.15) is 0 Å². The first-order valence-corrected chi connectivity index (χ1v) is 1.59. The van der Waals surface area contributed by atoms with E-state index in [4.69, 9.17) is 20.4 Å². The van der Waals surface area contributed by atoms with Gasteiger partial charge in [0.25, 0.3) is 5.09 Å². The van der Waals surface area contributed by atoms with Crippen LogP contribution < -0.4 is 0 Å². The van der Waals surface area contributed by atoms with Gasteiger partial charge in [0.2, 0.25) is 0 Å². The molecule has 0 aliphatic rings. The second-order valence-electron chi connectivity index (χ2n) is 0.554. The molecule has 0 heterocycles. The number of aliphatic hydroxyl groups is 1. The summed E-state index contributed by atoms with van der Waals surface area (Å²) in [4.78, 5) is 8.36. The van der Waals surface area contributed by atoms with Gasteiger partial charge in [0.05, 0.1) is 0 Å². The van der Waals surface area contributed by atoms with Crippen LogP contribution in [0.2, 0.25) is 0 Å². The van der Waals surface area contributed by atoms with Crippen molar-refractivity contribution in [2.24, 2.45) is 0 Å². The van der Waals surface area contributed by atoms with Crippen LogP contribution in [0.5, 0.6) is 0 Å². The van der Waals surface area contributed by atoms with E-state index >= 15 is 0 Å². The fourth-order valence-electron chi connectivity index (χ4n) is 0. The summed E-state index contributed by atoms with van der Waals surface area (Å²) in [6, 6.07) is 0. The van der Waals surface area contributed by atoms with E-state index in [9.17, 15) is 0 Å². The minimum Gasteiger partial charge on any atom is -0.397 e. The van der Waals surface area contributed by atoms with Crippen LogP contribution in [-0.4, -0.2) is 22.0 Å². The van der Waals surface area contributed by atoms with E-state index in [1.54, 1.807) is 6.92 Å². The Balaban J connectivity index is -0.0000000575. The molecule has 48 valence electrons. The van der Waals surface area contributed by atoms with Crippen molar-refractivity contribution in [2.45, 2.75) is 6.92 Å². The Kier molecular flexibility index (Phi) is 30.9.